The second-order valence-corrected chi connectivity index (χ2v) is 4.45. The molecule has 10 heteroatoms. The van der Waals surface area contributed by atoms with Gasteiger partial charge >= 0.3 is 24.1 Å². The highest BCUT2D eigenvalue weighted by molar-refractivity contribution is 5.80. The van der Waals surface area contributed by atoms with Crippen LogP contribution in [0.5, 0.6) is 0 Å². The highest BCUT2D eigenvalue weighted by Gasteiger charge is 2.35. The predicted molar refractivity (Wildman–Crippen MR) is 64.5 cm³/mol. The number of alkyl halides is 3. The van der Waals surface area contributed by atoms with E-state index in [9.17, 15) is 27.6 Å². The summed E-state index contributed by atoms with van der Waals surface area (Å²) >= 11 is 0. The Labute approximate surface area is 119 Å². The van der Waals surface area contributed by atoms with Crippen LogP contribution in [0.2, 0.25) is 0 Å². The molecule has 0 fully saturated rings. The van der Waals surface area contributed by atoms with Crippen LogP contribution in [0.25, 0.3) is 0 Å². The van der Waals surface area contributed by atoms with Crippen LogP contribution in [0.3, 0.4) is 0 Å². The van der Waals surface area contributed by atoms with E-state index < -0.39 is 43.2 Å². The zero-order valence-electron chi connectivity index (χ0n) is 11.8. The van der Waals surface area contributed by atoms with Crippen molar-refractivity contribution in [2.75, 3.05) is 33.8 Å². The summed E-state index contributed by atoms with van der Waals surface area (Å²) in [5, 5.41) is 8.57. The monoisotopic (exact) mass is 314 g/mol. The Morgan fingerprint density at radius 3 is 2.19 bits per heavy atom. The molecule has 0 aromatic carbocycles. The van der Waals surface area contributed by atoms with Gasteiger partial charge in [0.2, 0.25) is 0 Å². The number of ether oxygens (including phenoxy) is 1. The minimum atomic E-state index is -4.72. The maximum Gasteiger partial charge on any atom is 0.406 e. The third-order valence-corrected chi connectivity index (χ3v) is 2.44. The second-order valence-electron chi connectivity index (χ2n) is 4.45. The summed E-state index contributed by atoms with van der Waals surface area (Å²) in [6, 6.07) is -1.13. The number of hydrogen-bond acceptors (Lipinski definition) is 4. The Balaban J connectivity index is 4.85. The largest absolute Gasteiger partial charge is 0.480 e. The highest BCUT2D eigenvalue weighted by Crippen LogP contribution is 2.17. The summed E-state index contributed by atoms with van der Waals surface area (Å²) in [6.07, 6.45) is -4.72. The molecule has 21 heavy (non-hydrogen) atoms. The number of aliphatic carboxylic acids is 1. The van der Waals surface area contributed by atoms with E-state index in [1.165, 1.54) is 14.0 Å². The summed E-state index contributed by atoms with van der Waals surface area (Å²) < 4.78 is 41.5. The van der Waals surface area contributed by atoms with Crippen LogP contribution in [0.1, 0.15) is 6.92 Å². The van der Waals surface area contributed by atoms with Gasteiger partial charge in [0.25, 0.3) is 0 Å². The van der Waals surface area contributed by atoms with Gasteiger partial charge in [0.05, 0.1) is 13.0 Å². The molecular formula is C11H17F3N2O5. The molecule has 0 bridgehead atoms. The van der Waals surface area contributed by atoms with Crippen LogP contribution >= 0.6 is 0 Å². The number of halogens is 3. The van der Waals surface area contributed by atoms with Crippen molar-refractivity contribution < 1.29 is 37.4 Å². The molecule has 2 amide bonds. The number of carbonyl (C=O) groups is 3. The number of carboxylic acid groups (broad SMARTS) is 1. The van der Waals surface area contributed by atoms with Crippen LogP contribution in [-0.2, 0) is 14.3 Å². The Kier molecular flexibility index (Phi) is 6.96. The van der Waals surface area contributed by atoms with Gasteiger partial charge < -0.3 is 19.6 Å². The van der Waals surface area contributed by atoms with Gasteiger partial charge in [0.1, 0.15) is 13.1 Å². The molecule has 0 aliphatic rings. The lowest BCUT2D eigenvalue weighted by atomic mass is 10.2. The maximum absolute atomic E-state index is 12.3. The van der Waals surface area contributed by atoms with Gasteiger partial charge in [-0.15, -0.1) is 0 Å². The van der Waals surface area contributed by atoms with E-state index >= 15 is 0 Å². The zero-order chi connectivity index (χ0) is 16.8. The molecule has 0 rings (SSSR count). The topological polar surface area (TPSA) is 87.2 Å². The van der Waals surface area contributed by atoms with Gasteiger partial charge in [-0.25, -0.2) is 4.79 Å². The van der Waals surface area contributed by atoms with E-state index in [0.29, 0.717) is 0 Å². The molecule has 0 aliphatic carbocycles. The number of esters is 1. The average molecular weight is 314 g/mol. The first-order valence-corrected chi connectivity index (χ1v) is 5.84. The number of carbonyl (C=O) groups excluding carboxylic acids is 2. The standard InChI is InChI=1S/C11H17F3N2O5/c1-7(9(19)21-3)4-15(2)10(20)16(5-8(17)18)6-11(12,13)14/h7H,4-6H2,1-3H3,(H,17,18). The molecule has 1 unspecified atom stereocenters. The Morgan fingerprint density at radius 1 is 1.29 bits per heavy atom. The van der Waals surface area contributed by atoms with Crippen molar-refractivity contribution in [2.45, 2.75) is 13.1 Å². The molecule has 1 N–H and O–H groups in total. The fourth-order valence-electron chi connectivity index (χ4n) is 1.58. The molecule has 0 aromatic heterocycles. The molecule has 0 spiro atoms. The number of rotatable bonds is 6. The molecule has 0 radical (unpaired) electrons. The summed E-state index contributed by atoms with van der Waals surface area (Å²) in [5.41, 5.74) is 0. The number of hydrogen-bond donors (Lipinski definition) is 1. The van der Waals surface area contributed by atoms with E-state index in [0.717, 1.165) is 12.0 Å². The van der Waals surface area contributed by atoms with Crippen LogP contribution in [-0.4, -0.2) is 72.8 Å². The summed E-state index contributed by atoms with van der Waals surface area (Å²) in [6.45, 7) is -1.54. The minimum Gasteiger partial charge on any atom is -0.480 e. The van der Waals surface area contributed by atoms with E-state index in [2.05, 4.69) is 4.74 Å². The Bertz CT molecular complexity index is 400. The number of urea groups is 1. The molecule has 7 nitrogen and oxygen atoms in total. The molecule has 0 aromatic rings. The second kappa shape index (κ2) is 7.70. The van der Waals surface area contributed by atoms with Crippen molar-refractivity contribution in [2.24, 2.45) is 5.92 Å². The smallest absolute Gasteiger partial charge is 0.406 e. The van der Waals surface area contributed by atoms with Gasteiger partial charge in [-0.05, 0) is 0 Å². The van der Waals surface area contributed by atoms with Crippen molar-refractivity contribution in [1.82, 2.24) is 9.80 Å². The first-order chi connectivity index (χ1) is 9.47. The Hall–Kier alpha value is -2.00. The molecule has 0 heterocycles. The van der Waals surface area contributed by atoms with Crippen molar-refractivity contribution >= 4 is 18.0 Å². The Morgan fingerprint density at radius 2 is 1.81 bits per heavy atom. The summed E-state index contributed by atoms with van der Waals surface area (Å²) in [7, 11) is 2.31. The van der Waals surface area contributed by atoms with Crippen molar-refractivity contribution in [1.29, 1.82) is 0 Å². The minimum absolute atomic E-state index is 0.145. The lowest BCUT2D eigenvalue weighted by molar-refractivity contribution is -0.151. The lowest BCUT2D eigenvalue weighted by Crippen LogP contribution is -2.49. The quantitative estimate of drug-likeness (QED) is 0.733. The van der Waals surface area contributed by atoms with Crippen molar-refractivity contribution in [3.05, 3.63) is 0 Å². The molecular weight excluding hydrogens is 297 g/mol. The number of carboxylic acids is 1. The fourth-order valence-corrected chi connectivity index (χ4v) is 1.58. The molecule has 1 atom stereocenters. The first kappa shape index (κ1) is 19.0. The van der Waals surface area contributed by atoms with E-state index in [1.54, 1.807) is 0 Å². The van der Waals surface area contributed by atoms with Gasteiger partial charge in [-0.1, -0.05) is 6.92 Å². The molecule has 0 saturated heterocycles. The molecule has 122 valence electrons. The number of methoxy groups -OCH3 is 1. The van der Waals surface area contributed by atoms with Crippen molar-refractivity contribution in [3.63, 3.8) is 0 Å². The maximum atomic E-state index is 12.3. The summed E-state index contributed by atoms with van der Waals surface area (Å²) in [5.74, 6) is -2.95. The van der Waals surface area contributed by atoms with E-state index in [4.69, 9.17) is 5.11 Å². The predicted octanol–water partition coefficient (Wildman–Crippen LogP) is 0.796. The zero-order valence-corrected chi connectivity index (χ0v) is 11.8. The number of amides is 2. The van der Waals surface area contributed by atoms with Crippen LogP contribution < -0.4 is 0 Å². The van der Waals surface area contributed by atoms with Gasteiger partial charge in [-0.2, -0.15) is 13.2 Å². The highest BCUT2D eigenvalue weighted by atomic mass is 19.4. The SMILES string of the molecule is COC(=O)C(C)CN(C)C(=O)N(CC(=O)O)CC(F)(F)F. The van der Waals surface area contributed by atoms with Crippen LogP contribution in [0, 0.1) is 5.92 Å². The van der Waals surface area contributed by atoms with E-state index in [-0.39, 0.29) is 11.4 Å². The normalized spacial score (nSPS) is 12.5. The van der Waals surface area contributed by atoms with Crippen LogP contribution in [0.15, 0.2) is 0 Å². The first-order valence-electron chi connectivity index (χ1n) is 5.84. The van der Waals surface area contributed by atoms with Gasteiger partial charge in [-0.3, -0.25) is 9.59 Å². The summed E-state index contributed by atoms with van der Waals surface area (Å²) in [4.78, 5) is 34.6. The fraction of sp³-hybridized carbons (Fsp3) is 0.727. The third-order valence-electron chi connectivity index (χ3n) is 2.44. The lowest BCUT2D eigenvalue weighted by Gasteiger charge is -2.28. The number of nitrogens with zero attached hydrogens (tertiary/aromatic N) is 2. The van der Waals surface area contributed by atoms with Crippen LogP contribution in [0.4, 0.5) is 18.0 Å². The van der Waals surface area contributed by atoms with Gasteiger partial charge in [0, 0.05) is 13.6 Å². The van der Waals surface area contributed by atoms with E-state index in [1.807, 2.05) is 0 Å². The molecule has 0 aliphatic heterocycles. The molecule has 0 saturated carbocycles. The van der Waals surface area contributed by atoms with Gasteiger partial charge in [0.15, 0.2) is 0 Å². The third kappa shape index (κ3) is 7.37. The van der Waals surface area contributed by atoms with Crippen molar-refractivity contribution in [3.8, 4) is 0 Å². The average Bonchev–Trinajstić information content (AvgIpc) is 2.33.